The smallest absolute Gasteiger partial charge is 0.000718 e. The van der Waals surface area contributed by atoms with E-state index in [2.05, 4.69) is 267 Å². The molecule has 76 heavy (non-hydrogen) atoms. The quantitative estimate of drug-likeness (QED) is 0.146. The van der Waals surface area contributed by atoms with Crippen LogP contribution in [0.5, 0.6) is 0 Å². The van der Waals surface area contributed by atoms with E-state index in [-0.39, 0.29) is 0 Å². The molecule has 0 unspecified atom stereocenters. The van der Waals surface area contributed by atoms with Crippen molar-refractivity contribution in [1.29, 1.82) is 0 Å². The Kier molecular flexibility index (Phi) is 8.65. The van der Waals surface area contributed by atoms with E-state index in [0.717, 1.165) is 0 Å². The molecule has 0 amide bonds. The molecule has 0 aliphatic rings. The summed E-state index contributed by atoms with van der Waals surface area (Å²) in [5.74, 6) is 0. The fourth-order valence-electron chi connectivity index (χ4n) is 13.7. The molecule has 0 heterocycles. The first kappa shape index (κ1) is 41.6. The van der Waals surface area contributed by atoms with Gasteiger partial charge in [0, 0.05) is 0 Å². The Bertz CT molecular complexity index is 5050. The van der Waals surface area contributed by atoms with E-state index < -0.39 is 0 Å². The summed E-state index contributed by atoms with van der Waals surface area (Å²) in [4.78, 5) is 0. The number of fused-ring (bicyclic) bond motifs is 9. The van der Waals surface area contributed by atoms with Crippen molar-refractivity contribution >= 4 is 108 Å². The zero-order valence-electron chi connectivity index (χ0n) is 41.4. The van der Waals surface area contributed by atoms with Crippen LogP contribution in [0.2, 0.25) is 0 Å². The Balaban J connectivity index is 1.14. The lowest BCUT2D eigenvalue weighted by atomic mass is 9.83. The van der Waals surface area contributed by atoms with Gasteiger partial charge in [-0.3, -0.25) is 0 Å². The molecule has 0 atom stereocenters. The average molecular weight is 957 g/mol. The lowest BCUT2D eigenvalue weighted by molar-refractivity contribution is 1.58. The fourth-order valence-corrected chi connectivity index (χ4v) is 13.7. The van der Waals surface area contributed by atoms with Crippen LogP contribution in [0.25, 0.3) is 174 Å². The Morgan fingerprint density at radius 3 is 1.09 bits per heavy atom. The number of benzene rings is 15. The first-order valence-electron chi connectivity index (χ1n) is 26.6. The maximum absolute atomic E-state index is 2.60. The molecule has 348 valence electrons. The molecule has 0 N–H and O–H groups in total. The minimum atomic E-state index is 1.20. The maximum Gasteiger partial charge on any atom is -0.000718 e. The largest absolute Gasteiger partial charge is 0.0622 e. The highest BCUT2D eigenvalue weighted by molar-refractivity contribution is 6.46. The Labute approximate surface area is 439 Å². The van der Waals surface area contributed by atoms with Crippen LogP contribution < -0.4 is 0 Å². The van der Waals surface area contributed by atoms with Crippen LogP contribution in [-0.2, 0) is 0 Å². The third kappa shape index (κ3) is 5.96. The lowest BCUT2D eigenvalue weighted by Gasteiger charge is -2.20. The van der Waals surface area contributed by atoms with Gasteiger partial charge < -0.3 is 0 Å². The van der Waals surface area contributed by atoms with Gasteiger partial charge >= 0.3 is 0 Å². The number of rotatable bonds is 6. The predicted molar refractivity (Wildman–Crippen MR) is 328 cm³/mol. The third-order valence-electron chi connectivity index (χ3n) is 16.9. The Hall–Kier alpha value is -9.88. The molecule has 0 spiro atoms. The van der Waals surface area contributed by atoms with Gasteiger partial charge in [0.15, 0.2) is 0 Å². The van der Waals surface area contributed by atoms with Crippen molar-refractivity contribution in [2.75, 3.05) is 0 Å². The van der Waals surface area contributed by atoms with Gasteiger partial charge in [0.1, 0.15) is 0 Å². The molecule has 0 saturated heterocycles. The van der Waals surface area contributed by atoms with E-state index in [9.17, 15) is 0 Å². The molecule has 0 aliphatic heterocycles. The van der Waals surface area contributed by atoms with E-state index in [0.29, 0.717) is 0 Å². The molecule has 0 saturated carbocycles. The van der Waals surface area contributed by atoms with Crippen LogP contribution in [-0.4, -0.2) is 0 Å². The van der Waals surface area contributed by atoms with E-state index >= 15 is 0 Å². The van der Waals surface area contributed by atoms with Crippen LogP contribution in [0.15, 0.2) is 267 Å². The number of hydrogen-bond donors (Lipinski definition) is 0. The Morgan fingerprint density at radius 2 is 0.526 bits per heavy atom. The van der Waals surface area contributed by atoms with Crippen molar-refractivity contribution in [3.8, 4) is 66.8 Å². The summed E-state index contributed by atoms with van der Waals surface area (Å²) in [5.41, 5.74) is 14.5. The van der Waals surface area contributed by atoms with Gasteiger partial charge in [0.25, 0.3) is 0 Å². The summed E-state index contributed by atoms with van der Waals surface area (Å²) in [6.45, 7) is 0. The lowest BCUT2D eigenvalue weighted by Crippen LogP contribution is -1.93. The van der Waals surface area contributed by atoms with Gasteiger partial charge in [-0.25, -0.2) is 0 Å². The van der Waals surface area contributed by atoms with Crippen molar-refractivity contribution in [1.82, 2.24) is 0 Å². The van der Waals surface area contributed by atoms with Crippen molar-refractivity contribution in [2.45, 2.75) is 0 Å². The zero-order chi connectivity index (χ0) is 49.6. The summed E-state index contributed by atoms with van der Waals surface area (Å²) >= 11 is 0. The highest BCUT2D eigenvalue weighted by Gasteiger charge is 2.28. The predicted octanol–water partition coefficient (Wildman–Crippen LogP) is 21.5. The van der Waals surface area contributed by atoms with Crippen LogP contribution in [0, 0.1) is 0 Å². The molecule has 0 fully saturated rings. The van der Waals surface area contributed by atoms with Crippen LogP contribution >= 0.6 is 0 Å². The Morgan fingerprint density at radius 1 is 0.132 bits per heavy atom. The summed E-state index contributed by atoms with van der Waals surface area (Å²) in [5, 5.41) is 25.9. The van der Waals surface area contributed by atoms with Gasteiger partial charge in [0.2, 0.25) is 0 Å². The topological polar surface area (TPSA) is 0 Å². The van der Waals surface area contributed by atoms with Crippen molar-refractivity contribution in [3.63, 3.8) is 0 Å². The van der Waals surface area contributed by atoms with Crippen LogP contribution in [0.4, 0.5) is 0 Å². The molecular formula is C76H44. The van der Waals surface area contributed by atoms with E-state index in [1.54, 1.807) is 0 Å². The normalized spacial score (nSPS) is 12.2. The van der Waals surface area contributed by atoms with Crippen LogP contribution in [0.3, 0.4) is 0 Å². The maximum atomic E-state index is 2.60. The first-order valence-corrected chi connectivity index (χ1v) is 26.6. The SMILES string of the molecule is c1ccc(-c2cc(-c3ccccc3)cc(-c3c4cc5c(cc4c(-c4cc(-c6ccccc6)cc(-c6ccccc6)c4)c4c6cc7cccc8ccc9ccc(c34)c6c9c87)c3cccc4c6ccccc6cc5c43)c2)cc1. The van der Waals surface area contributed by atoms with Crippen molar-refractivity contribution in [3.05, 3.63) is 267 Å². The van der Waals surface area contributed by atoms with Gasteiger partial charge in [-0.1, -0.05) is 206 Å². The minimum absolute atomic E-state index is 1.20. The molecule has 0 bridgehead atoms. The second-order valence-electron chi connectivity index (χ2n) is 21.0. The second-order valence-corrected chi connectivity index (χ2v) is 21.0. The molecule has 17 rings (SSSR count). The first-order chi connectivity index (χ1) is 37.7. The van der Waals surface area contributed by atoms with Crippen molar-refractivity contribution < 1.29 is 0 Å². The summed E-state index contributed by atoms with van der Waals surface area (Å²) in [7, 11) is 0. The van der Waals surface area contributed by atoms with Crippen molar-refractivity contribution in [2.24, 2.45) is 0 Å². The van der Waals surface area contributed by atoms with Gasteiger partial charge in [-0.05, 0) is 235 Å². The second kappa shape index (κ2) is 15.8. The summed E-state index contributed by atoms with van der Waals surface area (Å²) < 4.78 is 0. The molecule has 0 aromatic heterocycles. The third-order valence-corrected chi connectivity index (χ3v) is 16.9. The minimum Gasteiger partial charge on any atom is -0.0622 e. The molecule has 17 aromatic rings. The fraction of sp³-hybridized carbons (Fsp3) is 0. The monoisotopic (exact) mass is 956 g/mol. The molecule has 0 aliphatic carbocycles. The molecular weight excluding hydrogens is 913 g/mol. The summed E-state index contributed by atoms with van der Waals surface area (Å²) in [6, 6.07) is 101. The molecule has 0 heteroatoms. The highest BCUT2D eigenvalue weighted by Crippen LogP contribution is 2.56. The standard InChI is InChI=1S/C76H44/c1-5-17-45(18-6-1)53-35-54(46-19-7-2-8-20-46)38-57(37-53)70-67-44-64-63(61-30-16-29-60-59-28-14-13-25-51(59)41-65(64)73(60)61)43-66(67)71(58-39-55(47-21-9-3-10-22-47)36-56(40-58)48-23-11-4-12-24-48)76-68-42-52-27-15-26-49-31-32-50-33-34-62(75(70)76)74(68)72(50)69(49)52/h1-44H. The van der Waals surface area contributed by atoms with Gasteiger partial charge in [-0.2, -0.15) is 0 Å². The van der Waals surface area contributed by atoms with Gasteiger partial charge in [0.05, 0.1) is 0 Å². The summed E-state index contributed by atoms with van der Waals surface area (Å²) in [6.07, 6.45) is 0. The van der Waals surface area contributed by atoms with Crippen LogP contribution in [0.1, 0.15) is 0 Å². The van der Waals surface area contributed by atoms with E-state index in [4.69, 9.17) is 0 Å². The molecule has 17 aromatic carbocycles. The highest BCUT2D eigenvalue weighted by atomic mass is 14.3. The molecule has 0 radical (unpaired) electrons. The average Bonchev–Trinajstić information content (AvgIpc) is 4.14. The zero-order valence-corrected chi connectivity index (χ0v) is 41.4. The van der Waals surface area contributed by atoms with E-state index in [1.165, 1.54) is 174 Å². The number of hydrogen-bond acceptors (Lipinski definition) is 0. The van der Waals surface area contributed by atoms with Gasteiger partial charge in [-0.15, -0.1) is 0 Å². The van der Waals surface area contributed by atoms with E-state index in [1.807, 2.05) is 0 Å². The molecule has 0 nitrogen and oxygen atoms in total.